The molecule has 2 aromatic rings. The second-order valence-corrected chi connectivity index (χ2v) is 4.22. The van der Waals surface area contributed by atoms with E-state index in [1.54, 1.807) is 7.11 Å². The van der Waals surface area contributed by atoms with Crippen molar-refractivity contribution >= 4 is 0 Å². The van der Waals surface area contributed by atoms with Gasteiger partial charge in [0.05, 0.1) is 19.3 Å². The highest BCUT2D eigenvalue weighted by Gasteiger charge is 2.19. The van der Waals surface area contributed by atoms with Crippen LogP contribution in [0.3, 0.4) is 0 Å². The van der Waals surface area contributed by atoms with Crippen molar-refractivity contribution in [3.63, 3.8) is 0 Å². The number of aromatic nitrogens is 2. The van der Waals surface area contributed by atoms with Gasteiger partial charge in [-0.25, -0.2) is 0 Å². The maximum Gasteiger partial charge on any atom is 0.126 e. The molecule has 0 bridgehead atoms. The number of rotatable bonds is 3. The van der Waals surface area contributed by atoms with Crippen LogP contribution < -0.4 is 10.1 Å². The summed E-state index contributed by atoms with van der Waals surface area (Å²) in [5, 5.41) is 7.66. The van der Waals surface area contributed by atoms with Gasteiger partial charge in [0.1, 0.15) is 5.75 Å². The van der Waals surface area contributed by atoms with Crippen molar-refractivity contribution in [2.45, 2.75) is 6.04 Å². The molecule has 1 fully saturated rings. The van der Waals surface area contributed by atoms with Gasteiger partial charge in [-0.3, -0.25) is 4.68 Å². The molecule has 0 spiro atoms. The van der Waals surface area contributed by atoms with E-state index in [-0.39, 0.29) is 0 Å². The average Bonchev–Trinajstić information content (AvgIpc) is 2.76. The molecule has 0 atom stereocenters. The fraction of sp³-hybridized carbons (Fsp3) is 0.308. The molecule has 17 heavy (non-hydrogen) atoms. The Labute approximate surface area is 100 Å². The number of methoxy groups -OCH3 is 1. The van der Waals surface area contributed by atoms with Crippen LogP contribution in [-0.4, -0.2) is 30.0 Å². The van der Waals surface area contributed by atoms with Gasteiger partial charge in [-0.2, -0.15) is 5.10 Å². The van der Waals surface area contributed by atoms with Crippen molar-refractivity contribution in [2.24, 2.45) is 0 Å². The minimum absolute atomic E-state index is 0.499. The Morgan fingerprint density at radius 3 is 2.88 bits per heavy atom. The number of ether oxygens (including phenoxy) is 1. The second kappa shape index (κ2) is 4.22. The van der Waals surface area contributed by atoms with Crippen LogP contribution in [0, 0.1) is 0 Å². The normalized spacial score (nSPS) is 15.6. The molecule has 3 rings (SSSR count). The fourth-order valence-electron chi connectivity index (χ4n) is 2.02. The monoisotopic (exact) mass is 229 g/mol. The van der Waals surface area contributed by atoms with E-state index in [0.29, 0.717) is 6.04 Å². The third-order valence-corrected chi connectivity index (χ3v) is 3.15. The molecule has 1 aliphatic heterocycles. The number of nitrogens with one attached hydrogen (secondary N) is 1. The number of nitrogens with zero attached hydrogens (tertiary/aromatic N) is 2. The molecule has 1 saturated heterocycles. The maximum absolute atomic E-state index is 5.36. The van der Waals surface area contributed by atoms with Crippen LogP contribution in [0.4, 0.5) is 0 Å². The molecule has 1 aromatic carbocycles. The van der Waals surface area contributed by atoms with Crippen molar-refractivity contribution in [3.8, 4) is 16.9 Å². The molecule has 0 amide bonds. The summed E-state index contributed by atoms with van der Waals surface area (Å²) >= 11 is 0. The van der Waals surface area contributed by atoms with Crippen molar-refractivity contribution in [3.05, 3.63) is 36.7 Å². The van der Waals surface area contributed by atoms with E-state index in [1.807, 2.05) is 29.1 Å². The zero-order valence-electron chi connectivity index (χ0n) is 9.76. The van der Waals surface area contributed by atoms with Crippen molar-refractivity contribution < 1.29 is 4.74 Å². The molecule has 0 unspecified atom stereocenters. The Morgan fingerprint density at radius 1 is 1.35 bits per heavy atom. The van der Waals surface area contributed by atoms with Gasteiger partial charge in [0, 0.05) is 30.4 Å². The van der Waals surface area contributed by atoms with Crippen molar-refractivity contribution in [1.29, 1.82) is 0 Å². The van der Waals surface area contributed by atoms with Crippen molar-refractivity contribution in [2.75, 3.05) is 20.2 Å². The molecule has 4 heteroatoms. The lowest BCUT2D eigenvalue weighted by Crippen LogP contribution is -2.43. The van der Waals surface area contributed by atoms with Gasteiger partial charge < -0.3 is 10.1 Å². The van der Waals surface area contributed by atoms with Gasteiger partial charge in [0.15, 0.2) is 0 Å². The first-order chi connectivity index (χ1) is 8.38. The van der Waals surface area contributed by atoms with Crippen LogP contribution in [0.25, 0.3) is 11.1 Å². The number of benzene rings is 1. The molecule has 1 aromatic heterocycles. The third-order valence-electron chi connectivity index (χ3n) is 3.15. The Morgan fingerprint density at radius 2 is 2.18 bits per heavy atom. The van der Waals surface area contributed by atoms with Crippen LogP contribution in [0.1, 0.15) is 6.04 Å². The van der Waals surface area contributed by atoms with Crippen LogP contribution in [0.15, 0.2) is 36.7 Å². The van der Waals surface area contributed by atoms with Crippen LogP contribution >= 0.6 is 0 Å². The highest BCUT2D eigenvalue weighted by Crippen LogP contribution is 2.29. The fourth-order valence-corrected chi connectivity index (χ4v) is 2.02. The smallest absolute Gasteiger partial charge is 0.126 e. The minimum atomic E-state index is 0.499. The van der Waals surface area contributed by atoms with E-state index < -0.39 is 0 Å². The Kier molecular flexibility index (Phi) is 2.57. The summed E-state index contributed by atoms with van der Waals surface area (Å²) < 4.78 is 7.39. The van der Waals surface area contributed by atoms with Crippen LogP contribution in [0.2, 0.25) is 0 Å². The zero-order valence-corrected chi connectivity index (χ0v) is 9.76. The summed E-state index contributed by atoms with van der Waals surface area (Å²) in [6.07, 6.45) is 3.99. The largest absolute Gasteiger partial charge is 0.496 e. The quantitative estimate of drug-likeness (QED) is 0.870. The van der Waals surface area contributed by atoms with E-state index in [2.05, 4.69) is 22.7 Å². The molecule has 0 radical (unpaired) electrons. The van der Waals surface area contributed by atoms with Gasteiger partial charge in [0.2, 0.25) is 0 Å². The molecule has 1 aliphatic rings. The molecular formula is C13H15N3O. The topological polar surface area (TPSA) is 39.1 Å². The summed E-state index contributed by atoms with van der Waals surface area (Å²) in [5.74, 6) is 0.888. The van der Waals surface area contributed by atoms with Crippen LogP contribution in [0.5, 0.6) is 5.75 Å². The van der Waals surface area contributed by atoms with Crippen molar-refractivity contribution in [1.82, 2.24) is 15.1 Å². The SMILES string of the molecule is COc1ccccc1-c1cnn(C2CNC2)c1. The molecule has 1 N–H and O–H groups in total. The number of para-hydroxylation sites is 1. The lowest BCUT2D eigenvalue weighted by molar-refractivity contribution is 0.318. The molecular weight excluding hydrogens is 214 g/mol. The average molecular weight is 229 g/mol. The second-order valence-electron chi connectivity index (χ2n) is 4.22. The standard InChI is InChI=1S/C13H15N3O/c1-17-13-5-3-2-4-12(13)10-6-15-16(9-10)11-7-14-8-11/h2-6,9,11,14H,7-8H2,1H3. The lowest BCUT2D eigenvalue weighted by Gasteiger charge is -2.27. The summed E-state index contributed by atoms with van der Waals surface area (Å²) in [6, 6.07) is 8.51. The molecule has 88 valence electrons. The van der Waals surface area contributed by atoms with E-state index in [9.17, 15) is 0 Å². The lowest BCUT2D eigenvalue weighted by atomic mass is 10.1. The van der Waals surface area contributed by atoms with Crippen LogP contribution in [-0.2, 0) is 0 Å². The van der Waals surface area contributed by atoms with Gasteiger partial charge in [-0.15, -0.1) is 0 Å². The van der Waals surface area contributed by atoms with E-state index in [4.69, 9.17) is 4.74 Å². The predicted octanol–water partition coefficient (Wildman–Crippen LogP) is 1.70. The van der Waals surface area contributed by atoms with E-state index >= 15 is 0 Å². The summed E-state index contributed by atoms with van der Waals surface area (Å²) in [5.41, 5.74) is 2.20. The number of hydrogen-bond donors (Lipinski definition) is 1. The Hall–Kier alpha value is -1.81. The summed E-state index contributed by atoms with van der Waals surface area (Å²) in [4.78, 5) is 0. The Balaban J connectivity index is 1.94. The highest BCUT2D eigenvalue weighted by molar-refractivity contribution is 5.69. The third kappa shape index (κ3) is 1.80. The van der Waals surface area contributed by atoms with Gasteiger partial charge in [0.25, 0.3) is 0 Å². The Bertz CT molecular complexity index is 517. The first kappa shape index (κ1) is 10.4. The minimum Gasteiger partial charge on any atom is -0.496 e. The molecule has 0 saturated carbocycles. The first-order valence-corrected chi connectivity index (χ1v) is 5.77. The highest BCUT2D eigenvalue weighted by atomic mass is 16.5. The van der Waals surface area contributed by atoms with E-state index in [1.165, 1.54) is 0 Å². The summed E-state index contributed by atoms with van der Waals surface area (Å²) in [6.45, 7) is 2.01. The molecule has 0 aliphatic carbocycles. The predicted molar refractivity (Wildman–Crippen MR) is 66.1 cm³/mol. The van der Waals surface area contributed by atoms with E-state index in [0.717, 1.165) is 30.0 Å². The van der Waals surface area contributed by atoms with Gasteiger partial charge >= 0.3 is 0 Å². The molecule has 4 nitrogen and oxygen atoms in total. The number of hydrogen-bond acceptors (Lipinski definition) is 3. The first-order valence-electron chi connectivity index (χ1n) is 5.77. The van der Waals surface area contributed by atoms with Gasteiger partial charge in [-0.05, 0) is 6.07 Å². The summed E-state index contributed by atoms with van der Waals surface area (Å²) in [7, 11) is 1.69. The molecule has 2 heterocycles. The zero-order chi connectivity index (χ0) is 11.7. The van der Waals surface area contributed by atoms with Gasteiger partial charge in [-0.1, -0.05) is 18.2 Å². The maximum atomic E-state index is 5.36.